The zero-order chi connectivity index (χ0) is 23.0. The van der Waals surface area contributed by atoms with E-state index in [1.807, 2.05) is 30.3 Å². The number of carbonyl (C=O) groups is 2. The van der Waals surface area contributed by atoms with Gasteiger partial charge in [0.15, 0.2) is 11.5 Å². The molecule has 4 rings (SSSR count). The third kappa shape index (κ3) is 3.23. The molecular weight excluding hydrogens is 412 g/mol. The number of methoxy groups -OCH3 is 4. The van der Waals surface area contributed by atoms with E-state index in [1.54, 1.807) is 18.1 Å². The number of para-hydroxylation sites is 1. The van der Waals surface area contributed by atoms with Gasteiger partial charge in [-0.2, -0.15) is 0 Å². The van der Waals surface area contributed by atoms with Crippen LogP contribution in [0.4, 0.5) is 0 Å². The van der Waals surface area contributed by atoms with Gasteiger partial charge in [0.2, 0.25) is 11.7 Å². The van der Waals surface area contributed by atoms with Crippen molar-refractivity contribution < 1.29 is 28.5 Å². The Morgan fingerprint density at radius 1 is 0.969 bits per heavy atom. The molecule has 2 aromatic carbocycles. The molecule has 0 aliphatic carbocycles. The zero-order valence-corrected chi connectivity index (χ0v) is 18.7. The molecule has 0 bridgehead atoms. The van der Waals surface area contributed by atoms with Gasteiger partial charge in [0, 0.05) is 35.5 Å². The molecule has 1 aliphatic rings. The highest BCUT2D eigenvalue weighted by Crippen LogP contribution is 2.48. The number of carbonyl (C=O) groups excluding carboxylic acids is 2. The number of ether oxygens (including phenoxy) is 4. The molecule has 0 spiro atoms. The summed E-state index contributed by atoms with van der Waals surface area (Å²) in [6.07, 6.45) is 0.345. The lowest BCUT2D eigenvalue weighted by Gasteiger charge is -2.40. The summed E-state index contributed by atoms with van der Waals surface area (Å²) in [6.45, 7) is 1.45. The summed E-state index contributed by atoms with van der Waals surface area (Å²) in [5.74, 6) is 0.610. The van der Waals surface area contributed by atoms with Gasteiger partial charge < -0.3 is 28.8 Å². The molecule has 0 fully saturated rings. The Hall–Kier alpha value is -3.68. The summed E-state index contributed by atoms with van der Waals surface area (Å²) < 4.78 is 21.8. The summed E-state index contributed by atoms with van der Waals surface area (Å²) in [5, 5.41) is 1.00. The lowest BCUT2D eigenvalue weighted by atomic mass is 9.87. The molecule has 1 N–H and O–H groups in total. The van der Waals surface area contributed by atoms with Gasteiger partial charge in [0.05, 0.1) is 28.4 Å². The van der Waals surface area contributed by atoms with Gasteiger partial charge in [0.1, 0.15) is 12.1 Å². The fraction of sp³-hybridized carbons (Fsp3) is 0.333. The zero-order valence-electron chi connectivity index (χ0n) is 18.7. The van der Waals surface area contributed by atoms with Crippen LogP contribution in [-0.4, -0.2) is 56.2 Å². The Morgan fingerprint density at radius 2 is 1.69 bits per heavy atom. The molecular formula is C24H26N2O6. The second-order valence-electron chi connectivity index (χ2n) is 7.56. The number of H-pyrrole nitrogens is 1. The smallest absolute Gasteiger partial charge is 0.328 e. The topological polar surface area (TPSA) is 90.1 Å². The van der Waals surface area contributed by atoms with Crippen molar-refractivity contribution in [2.75, 3.05) is 28.4 Å². The van der Waals surface area contributed by atoms with E-state index in [9.17, 15) is 9.59 Å². The lowest BCUT2D eigenvalue weighted by Crippen LogP contribution is -2.51. The molecule has 0 radical (unpaired) electrons. The summed E-state index contributed by atoms with van der Waals surface area (Å²) in [6, 6.07) is 10.1. The van der Waals surface area contributed by atoms with Crippen molar-refractivity contribution in [2.45, 2.75) is 25.4 Å². The van der Waals surface area contributed by atoms with E-state index in [2.05, 4.69) is 4.98 Å². The number of rotatable bonds is 5. The van der Waals surface area contributed by atoms with Crippen molar-refractivity contribution in [1.82, 2.24) is 9.88 Å². The second-order valence-corrected chi connectivity index (χ2v) is 7.56. The average Bonchev–Trinajstić information content (AvgIpc) is 3.19. The lowest BCUT2D eigenvalue weighted by molar-refractivity contribution is -0.154. The van der Waals surface area contributed by atoms with Gasteiger partial charge in [-0.25, -0.2) is 4.79 Å². The minimum atomic E-state index is -0.785. The third-order valence-electron chi connectivity index (χ3n) is 6.00. The van der Waals surface area contributed by atoms with Crippen molar-refractivity contribution in [3.63, 3.8) is 0 Å². The molecule has 1 aromatic heterocycles. The fourth-order valence-corrected chi connectivity index (χ4v) is 4.66. The highest BCUT2D eigenvalue weighted by Gasteiger charge is 2.44. The van der Waals surface area contributed by atoms with Gasteiger partial charge in [0.25, 0.3) is 0 Å². The molecule has 3 aromatic rings. The van der Waals surface area contributed by atoms with Crippen LogP contribution in [0.1, 0.15) is 29.8 Å². The number of benzene rings is 2. The van der Waals surface area contributed by atoms with Crippen LogP contribution in [0, 0.1) is 0 Å². The van der Waals surface area contributed by atoms with Gasteiger partial charge in [-0.1, -0.05) is 18.2 Å². The van der Waals surface area contributed by atoms with E-state index >= 15 is 0 Å². The van der Waals surface area contributed by atoms with E-state index in [0.29, 0.717) is 29.2 Å². The maximum Gasteiger partial charge on any atom is 0.328 e. The molecule has 2 atom stereocenters. The van der Waals surface area contributed by atoms with Crippen LogP contribution in [0.2, 0.25) is 0 Å². The molecule has 2 heterocycles. The van der Waals surface area contributed by atoms with Gasteiger partial charge in [-0.3, -0.25) is 4.79 Å². The van der Waals surface area contributed by atoms with Crippen LogP contribution in [0.15, 0.2) is 36.4 Å². The first-order valence-corrected chi connectivity index (χ1v) is 10.2. The van der Waals surface area contributed by atoms with Crippen LogP contribution >= 0.6 is 0 Å². The highest BCUT2D eigenvalue weighted by molar-refractivity contribution is 5.90. The quantitative estimate of drug-likeness (QED) is 0.615. The third-order valence-corrected chi connectivity index (χ3v) is 6.00. The number of aromatic nitrogens is 1. The molecule has 0 unspecified atom stereocenters. The fourth-order valence-electron chi connectivity index (χ4n) is 4.66. The van der Waals surface area contributed by atoms with E-state index in [-0.39, 0.29) is 5.91 Å². The number of hydrogen-bond donors (Lipinski definition) is 1. The SMILES string of the molecule is COC(=O)[C@@H]1Cc2c([nH]c3ccccc23)[C@@H](c2ccc(OC)c(OC)c2OC)N1C(C)=O. The Labute approximate surface area is 186 Å². The minimum Gasteiger partial charge on any atom is -0.493 e. The maximum absolute atomic E-state index is 12.9. The molecule has 32 heavy (non-hydrogen) atoms. The summed E-state index contributed by atoms with van der Waals surface area (Å²) in [4.78, 5) is 30.7. The molecule has 1 aliphatic heterocycles. The normalized spacial score (nSPS) is 17.6. The first-order valence-electron chi connectivity index (χ1n) is 10.2. The Balaban J connectivity index is 2.04. The van der Waals surface area contributed by atoms with E-state index in [4.69, 9.17) is 18.9 Å². The van der Waals surface area contributed by atoms with Crippen LogP contribution in [-0.2, 0) is 20.7 Å². The van der Waals surface area contributed by atoms with Crippen LogP contribution in [0.25, 0.3) is 10.9 Å². The molecule has 168 valence electrons. The number of aromatic amines is 1. The first kappa shape index (κ1) is 21.5. The van der Waals surface area contributed by atoms with Gasteiger partial charge in [-0.05, 0) is 23.8 Å². The molecule has 0 saturated carbocycles. The first-order chi connectivity index (χ1) is 15.5. The van der Waals surface area contributed by atoms with Crippen LogP contribution in [0.3, 0.4) is 0 Å². The van der Waals surface area contributed by atoms with Crippen molar-refractivity contribution in [2.24, 2.45) is 0 Å². The molecule has 8 heteroatoms. The molecule has 1 amide bonds. The van der Waals surface area contributed by atoms with Gasteiger partial charge >= 0.3 is 5.97 Å². The predicted octanol–water partition coefficient (Wildman–Crippen LogP) is 3.23. The number of nitrogens with one attached hydrogen (secondary N) is 1. The van der Waals surface area contributed by atoms with E-state index in [1.165, 1.54) is 28.3 Å². The second kappa shape index (κ2) is 8.45. The number of esters is 1. The number of amides is 1. The number of hydrogen-bond acceptors (Lipinski definition) is 6. The maximum atomic E-state index is 12.9. The monoisotopic (exact) mass is 438 g/mol. The van der Waals surface area contributed by atoms with E-state index < -0.39 is 18.1 Å². The van der Waals surface area contributed by atoms with E-state index in [0.717, 1.165) is 22.2 Å². The van der Waals surface area contributed by atoms with Crippen molar-refractivity contribution in [3.8, 4) is 17.2 Å². The summed E-state index contributed by atoms with van der Waals surface area (Å²) in [5.41, 5.74) is 3.39. The molecule has 0 saturated heterocycles. The Morgan fingerprint density at radius 3 is 2.31 bits per heavy atom. The minimum absolute atomic E-state index is 0.258. The Bertz CT molecular complexity index is 1180. The summed E-state index contributed by atoms with van der Waals surface area (Å²) >= 11 is 0. The van der Waals surface area contributed by atoms with Gasteiger partial charge in [-0.15, -0.1) is 0 Å². The van der Waals surface area contributed by atoms with Crippen LogP contribution < -0.4 is 14.2 Å². The molecule has 8 nitrogen and oxygen atoms in total. The number of nitrogens with zero attached hydrogens (tertiary/aromatic N) is 1. The Kier molecular flexibility index (Phi) is 5.69. The van der Waals surface area contributed by atoms with Crippen molar-refractivity contribution >= 4 is 22.8 Å². The van der Waals surface area contributed by atoms with Crippen LogP contribution in [0.5, 0.6) is 17.2 Å². The van der Waals surface area contributed by atoms with Crippen molar-refractivity contribution in [3.05, 3.63) is 53.2 Å². The number of fused-ring (bicyclic) bond motifs is 3. The highest BCUT2D eigenvalue weighted by atomic mass is 16.5. The summed E-state index contributed by atoms with van der Waals surface area (Å²) in [7, 11) is 5.94. The largest absolute Gasteiger partial charge is 0.493 e. The standard InChI is InChI=1S/C24H26N2O6/c1-13(27)26-18(24(28)32-5)12-16-14-8-6-7-9-17(14)25-20(16)21(26)15-10-11-19(29-2)23(31-4)22(15)30-3/h6-11,18,21,25H,12H2,1-5H3/t18-,21+/m0/s1. The van der Waals surface area contributed by atoms with Crippen molar-refractivity contribution in [1.29, 1.82) is 0 Å². The predicted molar refractivity (Wildman–Crippen MR) is 118 cm³/mol. The average molecular weight is 438 g/mol.